The van der Waals surface area contributed by atoms with Gasteiger partial charge in [0.15, 0.2) is 5.82 Å². The normalized spacial score (nSPS) is 12.1. The van der Waals surface area contributed by atoms with Crippen molar-refractivity contribution in [2.45, 2.75) is 31.3 Å². The van der Waals surface area contributed by atoms with Crippen LogP contribution < -0.4 is 5.32 Å². The second-order valence-corrected chi connectivity index (χ2v) is 5.70. The number of nitrogens with zero attached hydrogens (tertiary/aromatic N) is 1. The van der Waals surface area contributed by atoms with Crippen LogP contribution in [0.4, 0.5) is 5.82 Å². The molecule has 0 saturated carbocycles. The summed E-state index contributed by atoms with van der Waals surface area (Å²) in [6, 6.07) is 11.9. The number of aromatic nitrogens is 1. The molecule has 1 atom stereocenters. The fourth-order valence-electron chi connectivity index (χ4n) is 1.78. The van der Waals surface area contributed by atoms with Crippen molar-refractivity contribution in [3.8, 4) is 0 Å². The number of thioether (sulfide) groups is 1. The Morgan fingerprint density at radius 3 is 2.75 bits per heavy atom. The Bertz CT molecular complexity index is 554. The molecule has 0 fully saturated rings. The summed E-state index contributed by atoms with van der Waals surface area (Å²) in [6.45, 7) is 3.81. The van der Waals surface area contributed by atoms with Gasteiger partial charge in [0, 0.05) is 11.8 Å². The van der Waals surface area contributed by atoms with Crippen LogP contribution in [0, 0.1) is 6.92 Å². The van der Waals surface area contributed by atoms with E-state index in [1.807, 2.05) is 25.1 Å². The van der Waals surface area contributed by atoms with Gasteiger partial charge in [0.25, 0.3) is 0 Å². The third kappa shape index (κ3) is 4.13. The Morgan fingerprint density at radius 2 is 2.15 bits per heavy atom. The van der Waals surface area contributed by atoms with Crippen molar-refractivity contribution in [3.05, 3.63) is 47.7 Å². The number of nitrogens with one attached hydrogen (secondary N) is 1. The summed E-state index contributed by atoms with van der Waals surface area (Å²) < 4.78 is 4.94. The number of hydrogen-bond donors (Lipinski definition) is 1. The highest BCUT2D eigenvalue weighted by Gasteiger charge is 2.18. The van der Waals surface area contributed by atoms with Crippen molar-refractivity contribution in [3.63, 3.8) is 0 Å². The molecule has 1 aromatic carbocycles. The number of aryl methyl sites for hydroxylation is 1. The van der Waals surface area contributed by atoms with Gasteiger partial charge in [0.1, 0.15) is 5.76 Å². The Labute approximate surface area is 122 Å². The minimum Gasteiger partial charge on any atom is -0.360 e. The summed E-state index contributed by atoms with van der Waals surface area (Å²) in [5.41, 5.74) is 1.22. The fraction of sp³-hybridized carbons (Fsp3) is 0.333. The van der Waals surface area contributed by atoms with Crippen LogP contribution >= 0.6 is 11.8 Å². The van der Waals surface area contributed by atoms with E-state index in [1.165, 1.54) is 5.56 Å². The van der Waals surface area contributed by atoms with E-state index in [9.17, 15) is 4.79 Å². The van der Waals surface area contributed by atoms with Gasteiger partial charge in [0.2, 0.25) is 5.91 Å². The Kier molecular flexibility index (Phi) is 5.24. The summed E-state index contributed by atoms with van der Waals surface area (Å²) in [4.78, 5) is 12.2. The predicted molar refractivity (Wildman–Crippen MR) is 81.7 cm³/mol. The van der Waals surface area contributed by atoms with Crippen LogP contribution in [0.2, 0.25) is 0 Å². The van der Waals surface area contributed by atoms with Crippen molar-refractivity contribution in [1.29, 1.82) is 0 Å². The minimum atomic E-state index is -0.0905. The first-order valence-electron chi connectivity index (χ1n) is 6.58. The molecule has 0 spiro atoms. The molecule has 1 unspecified atom stereocenters. The third-order valence-corrected chi connectivity index (χ3v) is 4.29. The maximum Gasteiger partial charge on any atom is 0.238 e. The SMILES string of the molecule is CCC(SCc1ccccc1)C(=O)Nc1cc(C)on1. The lowest BCUT2D eigenvalue weighted by Crippen LogP contribution is -2.24. The van der Waals surface area contributed by atoms with Gasteiger partial charge in [-0.25, -0.2) is 0 Å². The molecule has 0 radical (unpaired) electrons. The summed E-state index contributed by atoms with van der Waals surface area (Å²) in [6.07, 6.45) is 0.778. The third-order valence-electron chi connectivity index (χ3n) is 2.84. The van der Waals surface area contributed by atoms with Gasteiger partial charge < -0.3 is 9.84 Å². The number of hydrogen-bond acceptors (Lipinski definition) is 4. The lowest BCUT2D eigenvalue weighted by molar-refractivity contribution is -0.115. The summed E-state index contributed by atoms with van der Waals surface area (Å²) in [7, 11) is 0. The van der Waals surface area contributed by atoms with Crippen LogP contribution in [0.15, 0.2) is 40.9 Å². The summed E-state index contributed by atoms with van der Waals surface area (Å²) >= 11 is 1.64. The zero-order valence-electron chi connectivity index (χ0n) is 11.6. The highest BCUT2D eigenvalue weighted by atomic mass is 32.2. The molecule has 1 amide bonds. The van der Waals surface area contributed by atoms with Crippen LogP contribution in [0.25, 0.3) is 0 Å². The van der Waals surface area contributed by atoms with Gasteiger partial charge >= 0.3 is 0 Å². The van der Waals surface area contributed by atoms with Crippen molar-refractivity contribution < 1.29 is 9.32 Å². The van der Waals surface area contributed by atoms with Crippen LogP contribution in [0.5, 0.6) is 0 Å². The molecule has 4 nitrogen and oxygen atoms in total. The molecule has 5 heteroatoms. The second kappa shape index (κ2) is 7.14. The maximum absolute atomic E-state index is 12.2. The molecule has 2 aromatic rings. The van der Waals surface area contributed by atoms with Gasteiger partial charge in [-0.05, 0) is 18.9 Å². The number of benzene rings is 1. The van der Waals surface area contributed by atoms with Crippen molar-refractivity contribution in [2.24, 2.45) is 0 Å². The van der Waals surface area contributed by atoms with E-state index in [2.05, 4.69) is 22.6 Å². The number of anilines is 1. The highest BCUT2D eigenvalue weighted by molar-refractivity contribution is 7.99. The zero-order chi connectivity index (χ0) is 14.4. The first-order valence-corrected chi connectivity index (χ1v) is 7.63. The maximum atomic E-state index is 12.2. The molecular formula is C15H18N2O2S. The van der Waals surface area contributed by atoms with E-state index in [-0.39, 0.29) is 11.2 Å². The quantitative estimate of drug-likeness (QED) is 0.882. The van der Waals surface area contributed by atoms with E-state index < -0.39 is 0 Å². The van der Waals surface area contributed by atoms with Crippen molar-refractivity contribution in [1.82, 2.24) is 5.16 Å². The largest absolute Gasteiger partial charge is 0.360 e. The molecule has 1 aromatic heterocycles. The molecule has 20 heavy (non-hydrogen) atoms. The van der Waals surface area contributed by atoms with E-state index >= 15 is 0 Å². The number of rotatable bonds is 6. The zero-order valence-corrected chi connectivity index (χ0v) is 12.4. The standard InChI is InChI=1S/C15H18N2O2S/c1-3-13(20-10-12-7-5-4-6-8-12)15(18)16-14-9-11(2)19-17-14/h4-9,13H,3,10H2,1-2H3,(H,16,17,18). The number of carbonyl (C=O) groups is 1. The number of amides is 1. The van der Waals surface area contributed by atoms with E-state index in [0.29, 0.717) is 11.6 Å². The van der Waals surface area contributed by atoms with Crippen LogP contribution in [-0.4, -0.2) is 16.3 Å². The fourth-order valence-corrected chi connectivity index (χ4v) is 2.81. The minimum absolute atomic E-state index is 0.0262. The molecule has 0 aliphatic rings. The molecule has 0 bridgehead atoms. The molecule has 1 heterocycles. The second-order valence-electron chi connectivity index (χ2n) is 4.51. The molecular weight excluding hydrogens is 272 g/mol. The molecule has 0 aliphatic heterocycles. The van der Waals surface area contributed by atoms with Gasteiger partial charge in [-0.3, -0.25) is 4.79 Å². The molecule has 2 rings (SSSR count). The van der Waals surface area contributed by atoms with Gasteiger partial charge in [-0.15, -0.1) is 11.8 Å². The lowest BCUT2D eigenvalue weighted by Gasteiger charge is -2.13. The predicted octanol–water partition coefficient (Wildman–Crippen LogP) is 3.63. The molecule has 0 aliphatic carbocycles. The monoisotopic (exact) mass is 290 g/mol. The first-order chi connectivity index (χ1) is 9.69. The average Bonchev–Trinajstić information content (AvgIpc) is 2.86. The Hall–Kier alpha value is -1.75. The Morgan fingerprint density at radius 1 is 1.40 bits per heavy atom. The summed E-state index contributed by atoms with van der Waals surface area (Å²) in [5.74, 6) is 1.96. The molecule has 106 valence electrons. The van der Waals surface area contributed by atoms with Crippen LogP contribution in [0.1, 0.15) is 24.7 Å². The van der Waals surface area contributed by atoms with Crippen LogP contribution in [0.3, 0.4) is 0 Å². The first kappa shape index (κ1) is 14.7. The van der Waals surface area contributed by atoms with Crippen molar-refractivity contribution >= 4 is 23.5 Å². The molecule has 0 saturated heterocycles. The van der Waals surface area contributed by atoms with Gasteiger partial charge in [-0.1, -0.05) is 42.4 Å². The smallest absolute Gasteiger partial charge is 0.238 e. The van der Waals surface area contributed by atoms with E-state index in [0.717, 1.165) is 12.2 Å². The lowest BCUT2D eigenvalue weighted by atomic mass is 10.2. The summed E-state index contributed by atoms with van der Waals surface area (Å²) in [5, 5.41) is 6.47. The Balaban J connectivity index is 1.89. The molecule has 1 N–H and O–H groups in total. The van der Waals surface area contributed by atoms with E-state index in [4.69, 9.17) is 4.52 Å². The highest BCUT2D eigenvalue weighted by Crippen LogP contribution is 2.21. The van der Waals surface area contributed by atoms with Gasteiger partial charge in [0.05, 0.1) is 5.25 Å². The topological polar surface area (TPSA) is 55.1 Å². The van der Waals surface area contributed by atoms with Crippen molar-refractivity contribution in [2.75, 3.05) is 5.32 Å². The van der Waals surface area contributed by atoms with Gasteiger partial charge in [-0.2, -0.15) is 0 Å². The average molecular weight is 290 g/mol. The van der Waals surface area contributed by atoms with E-state index in [1.54, 1.807) is 24.8 Å². The van der Waals surface area contributed by atoms with Crippen LogP contribution in [-0.2, 0) is 10.5 Å². The number of carbonyl (C=O) groups excluding carboxylic acids is 1.